The van der Waals surface area contributed by atoms with Crippen LogP contribution < -0.4 is 0 Å². The maximum absolute atomic E-state index is 11.3. The molecule has 0 bridgehead atoms. The zero-order chi connectivity index (χ0) is 9.19. The summed E-state index contributed by atoms with van der Waals surface area (Å²) in [6.07, 6.45) is 5.92. The standard InChI is InChI=1S/C11H18O/c1-4-5-9-6-10(12)8-11(2,3)7-9/h6H,4-5,7-8H2,1-3H3. The van der Waals surface area contributed by atoms with Crippen LogP contribution in [0.25, 0.3) is 0 Å². The van der Waals surface area contributed by atoms with E-state index in [-0.39, 0.29) is 5.41 Å². The molecular formula is C11H18O. The summed E-state index contributed by atoms with van der Waals surface area (Å²) in [5.74, 6) is 0.315. The quantitative estimate of drug-likeness (QED) is 0.616. The fourth-order valence-corrected chi connectivity index (χ4v) is 1.96. The molecule has 1 aliphatic rings. The highest BCUT2D eigenvalue weighted by Gasteiger charge is 2.26. The Labute approximate surface area is 74.9 Å². The smallest absolute Gasteiger partial charge is 0.156 e. The molecule has 68 valence electrons. The summed E-state index contributed by atoms with van der Waals surface area (Å²) in [6.45, 7) is 6.51. The van der Waals surface area contributed by atoms with Crippen LogP contribution in [0.5, 0.6) is 0 Å². The molecule has 0 atom stereocenters. The summed E-state index contributed by atoms with van der Waals surface area (Å²) in [4.78, 5) is 11.3. The zero-order valence-electron chi connectivity index (χ0n) is 8.31. The average molecular weight is 166 g/mol. The molecular weight excluding hydrogens is 148 g/mol. The Morgan fingerprint density at radius 1 is 1.42 bits per heavy atom. The Morgan fingerprint density at radius 3 is 2.58 bits per heavy atom. The van der Waals surface area contributed by atoms with Gasteiger partial charge in [-0.15, -0.1) is 0 Å². The second-order valence-electron chi connectivity index (χ2n) is 4.54. The first-order valence-corrected chi connectivity index (χ1v) is 4.76. The van der Waals surface area contributed by atoms with Gasteiger partial charge in [-0.05, 0) is 24.3 Å². The molecule has 1 aliphatic carbocycles. The predicted octanol–water partition coefficient (Wildman–Crippen LogP) is 3.10. The highest BCUT2D eigenvalue weighted by molar-refractivity contribution is 5.91. The van der Waals surface area contributed by atoms with Gasteiger partial charge in [0.1, 0.15) is 0 Å². The third kappa shape index (κ3) is 2.47. The van der Waals surface area contributed by atoms with Crippen molar-refractivity contribution < 1.29 is 4.79 Å². The van der Waals surface area contributed by atoms with E-state index in [0.29, 0.717) is 5.78 Å². The lowest BCUT2D eigenvalue weighted by Gasteiger charge is -2.28. The van der Waals surface area contributed by atoms with Gasteiger partial charge in [-0.2, -0.15) is 0 Å². The molecule has 0 amide bonds. The van der Waals surface area contributed by atoms with Gasteiger partial charge in [0.05, 0.1) is 0 Å². The molecule has 0 fully saturated rings. The maximum atomic E-state index is 11.3. The van der Waals surface area contributed by atoms with Crippen LogP contribution in [0.15, 0.2) is 11.6 Å². The number of allylic oxidation sites excluding steroid dienone is 2. The first-order valence-electron chi connectivity index (χ1n) is 4.76. The molecule has 0 saturated heterocycles. The lowest BCUT2D eigenvalue weighted by Crippen LogP contribution is -2.21. The Morgan fingerprint density at radius 2 is 2.08 bits per heavy atom. The zero-order valence-corrected chi connectivity index (χ0v) is 8.31. The normalized spacial score (nSPS) is 22.2. The van der Waals surface area contributed by atoms with E-state index in [1.807, 2.05) is 6.08 Å². The second-order valence-corrected chi connectivity index (χ2v) is 4.54. The fourth-order valence-electron chi connectivity index (χ4n) is 1.96. The van der Waals surface area contributed by atoms with Crippen molar-refractivity contribution in [2.75, 3.05) is 0 Å². The Bertz CT molecular complexity index is 211. The molecule has 0 aromatic heterocycles. The van der Waals surface area contributed by atoms with Crippen molar-refractivity contribution in [1.82, 2.24) is 0 Å². The molecule has 0 aliphatic heterocycles. The van der Waals surface area contributed by atoms with Crippen molar-refractivity contribution in [3.63, 3.8) is 0 Å². The van der Waals surface area contributed by atoms with Crippen LogP contribution in [0.2, 0.25) is 0 Å². The lowest BCUT2D eigenvalue weighted by molar-refractivity contribution is -0.117. The van der Waals surface area contributed by atoms with Crippen molar-refractivity contribution in [2.24, 2.45) is 5.41 Å². The molecule has 1 nitrogen and oxygen atoms in total. The van der Waals surface area contributed by atoms with Crippen LogP contribution in [-0.4, -0.2) is 5.78 Å². The molecule has 0 aromatic carbocycles. The van der Waals surface area contributed by atoms with Gasteiger partial charge in [0.15, 0.2) is 5.78 Å². The topological polar surface area (TPSA) is 17.1 Å². The molecule has 0 spiro atoms. The van der Waals surface area contributed by atoms with E-state index >= 15 is 0 Å². The average Bonchev–Trinajstić information content (AvgIpc) is 1.82. The molecule has 12 heavy (non-hydrogen) atoms. The largest absolute Gasteiger partial charge is 0.295 e. The van der Waals surface area contributed by atoms with Crippen molar-refractivity contribution in [1.29, 1.82) is 0 Å². The third-order valence-electron chi connectivity index (χ3n) is 2.29. The van der Waals surface area contributed by atoms with Crippen molar-refractivity contribution >= 4 is 5.78 Å². The van der Waals surface area contributed by atoms with Gasteiger partial charge in [0, 0.05) is 6.42 Å². The monoisotopic (exact) mass is 166 g/mol. The van der Waals surface area contributed by atoms with Gasteiger partial charge < -0.3 is 0 Å². The van der Waals surface area contributed by atoms with Gasteiger partial charge in [-0.25, -0.2) is 0 Å². The number of carbonyl (C=O) groups is 1. The van der Waals surface area contributed by atoms with E-state index in [4.69, 9.17) is 0 Å². The number of rotatable bonds is 2. The second kappa shape index (κ2) is 3.42. The summed E-state index contributed by atoms with van der Waals surface area (Å²) in [5, 5.41) is 0. The summed E-state index contributed by atoms with van der Waals surface area (Å²) in [5.41, 5.74) is 1.55. The van der Waals surface area contributed by atoms with E-state index in [1.165, 1.54) is 5.57 Å². The van der Waals surface area contributed by atoms with Crippen molar-refractivity contribution in [3.8, 4) is 0 Å². The van der Waals surface area contributed by atoms with E-state index in [1.54, 1.807) is 0 Å². The van der Waals surface area contributed by atoms with Crippen molar-refractivity contribution in [3.05, 3.63) is 11.6 Å². The van der Waals surface area contributed by atoms with Crippen LogP contribution in [-0.2, 0) is 4.79 Å². The van der Waals surface area contributed by atoms with E-state index in [2.05, 4.69) is 20.8 Å². The van der Waals surface area contributed by atoms with Crippen LogP contribution in [0.1, 0.15) is 46.5 Å². The Kier molecular flexibility index (Phi) is 2.71. The highest BCUT2D eigenvalue weighted by Crippen LogP contribution is 2.34. The Balaban J connectivity index is 2.69. The first kappa shape index (κ1) is 9.50. The lowest BCUT2D eigenvalue weighted by atomic mass is 9.76. The third-order valence-corrected chi connectivity index (χ3v) is 2.29. The van der Waals surface area contributed by atoms with Gasteiger partial charge in [0.25, 0.3) is 0 Å². The molecule has 0 saturated carbocycles. The first-order chi connectivity index (χ1) is 5.53. The molecule has 1 heteroatoms. The van der Waals surface area contributed by atoms with Gasteiger partial charge in [-0.1, -0.05) is 32.8 Å². The van der Waals surface area contributed by atoms with Crippen LogP contribution in [0.3, 0.4) is 0 Å². The fraction of sp³-hybridized carbons (Fsp3) is 0.727. The predicted molar refractivity (Wildman–Crippen MR) is 51.0 cm³/mol. The van der Waals surface area contributed by atoms with Gasteiger partial charge in [0.2, 0.25) is 0 Å². The summed E-state index contributed by atoms with van der Waals surface area (Å²) in [6, 6.07) is 0. The van der Waals surface area contributed by atoms with Crippen molar-refractivity contribution in [2.45, 2.75) is 46.5 Å². The SMILES string of the molecule is CCCC1=CC(=O)CC(C)(C)C1. The van der Waals surface area contributed by atoms with E-state index in [0.717, 1.165) is 25.7 Å². The minimum absolute atomic E-state index is 0.205. The molecule has 0 unspecified atom stereocenters. The Hall–Kier alpha value is -0.590. The molecule has 0 radical (unpaired) electrons. The van der Waals surface area contributed by atoms with Gasteiger partial charge in [-0.3, -0.25) is 4.79 Å². The number of hydrogen-bond donors (Lipinski definition) is 0. The van der Waals surface area contributed by atoms with Crippen LogP contribution >= 0.6 is 0 Å². The minimum atomic E-state index is 0.205. The maximum Gasteiger partial charge on any atom is 0.156 e. The molecule has 0 aromatic rings. The summed E-state index contributed by atoms with van der Waals surface area (Å²) >= 11 is 0. The highest BCUT2D eigenvalue weighted by atomic mass is 16.1. The van der Waals surface area contributed by atoms with E-state index < -0.39 is 0 Å². The number of hydrogen-bond acceptors (Lipinski definition) is 1. The van der Waals surface area contributed by atoms with Gasteiger partial charge >= 0.3 is 0 Å². The van der Waals surface area contributed by atoms with E-state index in [9.17, 15) is 4.79 Å². The molecule has 0 N–H and O–H groups in total. The summed E-state index contributed by atoms with van der Waals surface area (Å²) in [7, 11) is 0. The number of ketones is 1. The summed E-state index contributed by atoms with van der Waals surface area (Å²) < 4.78 is 0. The minimum Gasteiger partial charge on any atom is -0.295 e. The molecule has 1 rings (SSSR count). The van der Waals surface area contributed by atoms with Crippen LogP contribution in [0, 0.1) is 5.41 Å². The number of carbonyl (C=O) groups excluding carboxylic acids is 1. The van der Waals surface area contributed by atoms with Crippen LogP contribution in [0.4, 0.5) is 0 Å². The molecule has 0 heterocycles.